The van der Waals surface area contributed by atoms with Crippen LogP contribution in [0.25, 0.3) is 0 Å². The van der Waals surface area contributed by atoms with Crippen LogP contribution in [-0.2, 0) is 10.0 Å². The SMILES string of the molecule is CCCN(C1CCC2=C(CC1)SCC(N)=CN2)S(=O)(=O)C1=CC=CC=C[C@@H]1[N+](=O)[O-]. The number of hydrogen-bond donors (Lipinski definition) is 2. The molecular formula is C20H28N4O4S2. The summed E-state index contributed by atoms with van der Waals surface area (Å²) >= 11 is 1.70. The Balaban J connectivity index is 1.87. The summed E-state index contributed by atoms with van der Waals surface area (Å²) < 4.78 is 28.7. The Bertz CT molecular complexity index is 934. The molecule has 2 atom stereocenters. The summed E-state index contributed by atoms with van der Waals surface area (Å²) in [6, 6.07) is -1.59. The first-order valence-corrected chi connectivity index (χ1v) is 12.5. The van der Waals surface area contributed by atoms with Gasteiger partial charge in [-0.05, 0) is 44.3 Å². The van der Waals surface area contributed by atoms with E-state index < -0.39 is 21.0 Å². The quantitative estimate of drug-likeness (QED) is 0.470. The Morgan fingerprint density at radius 3 is 2.80 bits per heavy atom. The van der Waals surface area contributed by atoms with Crippen molar-refractivity contribution in [3.63, 3.8) is 0 Å². The van der Waals surface area contributed by atoms with Gasteiger partial charge in [0.1, 0.15) is 4.91 Å². The third kappa shape index (κ3) is 4.98. The van der Waals surface area contributed by atoms with Crippen molar-refractivity contribution in [1.82, 2.24) is 9.62 Å². The number of allylic oxidation sites excluding steroid dienone is 6. The summed E-state index contributed by atoms with van der Waals surface area (Å²) in [4.78, 5) is 12.1. The van der Waals surface area contributed by atoms with E-state index in [1.165, 1.54) is 27.4 Å². The van der Waals surface area contributed by atoms with Gasteiger partial charge in [-0.1, -0.05) is 25.2 Å². The number of nitrogens with zero attached hydrogens (tertiary/aromatic N) is 2. The largest absolute Gasteiger partial charge is 0.400 e. The smallest absolute Gasteiger partial charge is 0.268 e. The Labute approximate surface area is 181 Å². The lowest BCUT2D eigenvalue weighted by Crippen LogP contribution is -2.43. The monoisotopic (exact) mass is 452 g/mol. The molecule has 0 aromatic rings. The number of rotatable bonds is 6. The third-order valence-corrected chi connectivity index (χ3v) is 8.71. The van der Waals surface area contributed by atoms with E-state index in [1.54, 1.807) is 23.9 Å². The van der Waals surface area contributed by atoms with Gasteiger partial charge in [-0.3, -0.25) is 10.1 Å². The molecule has 0 fully saturated rings. The Morgan fingerprint density at radius 2 is 2.07 bits per heavy atom. The highest BCUT2D eigenvalue weighted by Gasteiger charge is 2.40. The highest BCUT2D eigenvalue weighted by molar-refractivity contribution is 8.03. The fraction of sp³-hybridized carbons (Fsp3) is 0.500. The van der Waals surface area contributed by atoms with Crippen molar-refractivity contribution < 1.29 is 13.3 Å². The fourth-order valence-electron chi connectivity index (χ4n) is 3.88. The zero-order valence-corrected chi connectivity index (χ0v) is 18.6. The third-order valence-electron chi connectivity index (χ3n) is 5.37. The maximum absolute atomic E-state index is 13.6. The summed E-state index contributed by atoms with van der Waals surface area (Å²) in [7, 11) is -4.00. The fourth-order valence-corrected chi connectivity index (χ4v) is 6.92. The van der Waals surface area contributed by atoms with E-state index in [2.05, 4.69) is 5.32 Å². The summed E-state index contributed by atoms with van der Waals surface area (Å²) in [6.45, 7) is 2.25. The van der Waals surface area contributed by atoms with E-state index in [9.17, 15) is 18.5 Å². The standard InChI is InChI=1S/C20H28N4O4S2/c1-2-12-23(30(27,28)20-7-5-3-4-6-18(20)24(25)26)16-8-10-17-19(11-9-16)29-14-15(21)13-22-17/h3-7,13,16,18,22H,2,8-12,14,21H2,1H3/t16?,18-/m0/s1. The molecule has 2 aliphatic carbocycles. The molecule has 8 nitrogen and oxygen atoms in total. The van der Waals surface area contributed by atoms with Crippen molar-refractivity contribution in [3.05, 3.63) is 67.9 Å². The van der Waals surface area contributed by atoms with E-state index >= 15 is 0 Å². The Hall–Kier alpha value is -2.04. The van der Waals surface area contributed by atoms with Crippen LogP contribution in [0.2, 0.25) is 0 Å². The molecule has 3 rings (SSSR count). The van der Waals surface area contributed by atoms with Gasteiger partial charge in [-0.2, -0.15) is 4.31 Å². The normalized spacial score (nSPS) is 24.9. The molecule has 0 saturated heterocycles. The predicted octanol–water partition coefficient (Wildman–Crippen LogP) is 2.97. The van der Waals surface area contributed by atoms with Crippen LogP contribution < -0.4 is 11.1 Å². The van der Waals surface area contributed by atoms with Gasteiger partial charge in [0.25, 0.3) is 6.04 Å². The molecule has 3 N–H and O–H groups in total. The van der Waals surface area contributed by atoms with E-state index in [4.69, 9.17) is 5.73 Å². The lowest BCUT2D eigenvalue weighted by molar-refractivity contribution is -0.497. The van der Waals surface area contributed by atoms with Crippen molar-refractivity contribution in [2.24, 2.45) is 5.73 Å². The van der Waals surface area contributed by atoms with Crippen LogP contribution in [0, 0.1) is 10.1 Å². The molecule has 164 valence electrons. The molecule has 3 aliphatic rings. The van der Waals surface area contributed by atoms with E-state index in [0.717, 1.165) is 17.8 Å². The molecule has 30 heavy (non-hydrogen) atoms. The summed E-state index contributed by atoms with van der Waals surface area (Å²) in [5.74, 6) is 0.712. The molecule has 0 aromatic carbocycles. The maximum Gasteiger partial charge on any atom is 0.268 e. The number of nitro groups is 1. The molecule has 1 unspecified atom stereocenters. The van der Waals surface area contributed by atoms with Crippen LogP contribution in [-0.4, -0.2) is 42.0 Å². The zero-order valence-electron chi connectivity index (χ0n) is 17.0. The molecule has 0 saturated carbocycles. The van der Waals surface area contributed by atoms with E-state index in [0.29, 0.717) is 38.0 Å². The summed E-state index contributed by atoms with van der Waals surface area (Å²) in [5, 5.41) is 14.9. The van der Waals surface area contributed by atoms with Crippen molar-refractivity contribution in [3.8, 4) is 0 Å². The molecule has 1 aliphatic heterocycles. The second-order valence-corrected chi connectivity index (χ2v) is 10.4. The molecular weight excluding hydrogens is 424 g/mol. The van der Waals surface area contributed by atoms with Crippen molar-refractivity contribution in [2.45, 2.75) is 51.1 Å². The Kier molecular flexibility index (Phi) is 7.43. The molecule has 10 heteroatoms. The predicted molar refractivity (Wildman–Crippen MR) is 120 cm³/mol. The van der Waals surface area contributed by atoms with Crippen LogP contribution in [0.4, 0.5) is 0 Å². The van der Waals surface area contributed by atoms with Crippen LogP contribution >= 0.6 is 11.8 Å². The minimum absolute atomic E-state index is 0.173. The van der Waals surface area contributed by atoms with Crippen LogP contribution in [0.1, 0.15) is 39.0 Å². The number of sulfonamides is 1. The molecule has 0 bridgehead atoms. The van der Waals surface area contributed by atoms with Crippen molar-refractivity contribution in [2.75, 3.05) is 12.3 Å². The summed E-state index contributed by atoms with van der Waals surface area (Å²) in [6.07, 6.45) is 12.6. The van der Waals surface area contributed by atoms with Gasteiger partial charge in [0.15, 0.2) is 0 Å². The van der Waals surface area contributed by atoms with Crippen molar-refractivity contribution >= 4 is 21.8 Å². The average Bonchev–Trinajstić information content (AvgIpc) is 3.14. The van der Waals surface area contributed by atoms with E-state index in [1.807, 2.05) is 13.1 Å². The van der Waals surface area contributed by atoms with Gasteiger partial charge in [-0.25, -0.2) is 8.42 Å². The first-order valence-electron chi connectivity index (χ1n) is 10.1. The number of nitrogens with one attached hydrogen (secondary N) is 1. The lowest BCUT2D eigenvalue weighted by atomic mass is 10.1. The number of thioether (sulfide) groups is 1. The van der Waals surface area contributed by atoms with Crippen molar-refractivity contribution in [1.29, 1.82) is 0 Å². The molecule has 0 aromatic heterocycles. The maximum atomic E-state index is 13.6. The van der Waals surface area contributed by atoms with Gasteiger partial charge in [0.2, 0.25) is 10.0 Å². The number of nitrogens with two attached hydrogens (primary N) is 1. The van der Waals surface area contributed by atoms with Crippen LogP contribution in [0.15, 0.2) is 57.8 Å². The van der Waals surface area contributed by atoms with Crippen LogP contribution in [0.5, 0.6) is 0 Å². The Morgan fingerprint density at radius 1 is 1.30 bits per heavy atom. The molecule has 0 spiro atoms. The topological polar surface area (TPSA) is 119 Å². The van der Waals surface area contributed by atoms with E-state index in [-0.39, 0.29) is 10.9 Å². The van der Waals surface area contributed by atoms with Gasteiger partial charge in [0, 0.05) is 45.8 Å². The van der Waals surface area contributed by atoms with Gasteiger partial charge in [0.05, 0.1) is 0 Å². The first-order chi connectivity index (χ1) is 14.3. The molecule has 0 radical (unpaired) electrons. The summed E-state index contributed by atoms with van der Waals surface area (Å²) in [5.41, 5.74) is 7.81. The molecule has 0 amide bonds. The minimum atomic E-state index is -4.00. The van der Waals surface area contributed by atoms with Gasteiger partial charge >= 0.3 is 0 Å². The minimum Gasteiger partial charge on any atom is -0.400 e. The second kappa shape index (κ2) is 9.84. The van der Waals surface area contributed by atoms with Gasteiger partial charge < -0.3 is 11.1 Å². The lowest BCUT2D eigenvalue weighted by Gasteiger charge is -2.31. The van der Waals surface area contributed by atoms with Crippen LogP contribution in [0.3, 0.4) is 0 Å². The highest BCUT2D eigenvalue weighted by atomic mass is 32.2. The number of hydrogen-bond acceptors (Lipinski definition) is 7. The zero-order chi connectivity index (χ0) is 21.7. The second-order valence-electron chi connectivity index (χ2n) is 7.47. The highest BCUT2D eigenvalue weighted by Crippen LogP contribution is 2.36. The van der Waals surface area contributed by atoms with Gasteiger partial charge in [-0.15, -0.1) is 11.8 Å². The molecule has 1 heterocycles. The average molecular weight is 453 g/mol. The first kappa shape index (κ1) is 22.6.